The van der Waals surface area contributed by atoms with E-state index in [2.05, 4.69) is 22.2 Å². The highest BCUT2D eigenvalue weighted by molar-refractivity contribution is 7.13. The maximum atomic E-state index is 13.3. The van der Waals surface area contributed by atoms with E-state index in [9.17, 15) is 19.5 Å². The largest absolute Gasteiger partial charge is 0.391 e. The summed E-state index contributed by atoms with van der Waals surface area (Å²) in [5.41, 5.74) is 4.19. The van der Waals surface area contributed by atoms with Crippen molar-refractivity contribution in [1.29, 1.82) is 0 Å². The Labute approximate surface area is 204 Å². The average Bonchev–Trinajstić information content (AvgIpc) is 3.40. The van der Waals surface area contributed by atoms with E-state index in [1.807, 2.05) is 57.5 Å². The van der Waals surface area contributed by atoms with Crippen LogP contribution in [0.5, 0.6) is 0 Å². The smallest absolute Gasteiger partial charge is 0.246 e. The molecule has 1 saturated heterocycles. The zero-order valence-electron chi connectivity index (χ0n) is 20.0. The second kappa shape index (κ2) is 10.5. The lowest BCUT2D eigenvalue weighted by atomic mass is 9.85. The summed E-state index contributed by atoms with van der Waals surface area (Å²) in [6.07, 6.45) is 0.446. The number of aromatic nitrogens is 1. The molecule has 182 valence electrons. The Morgan fingerprint density at radius 3 is 2.53 bits per heavy atom. The number of amides is 3. The molecule has 0 radical (unpaired) electrons. The first kappa shape index (κ1) is 25.6. The number of β-amino-alcohol motifs (C(OH)–C–C–N with tert-alkyl or cyclic N) is 1. The Morgan fingerprint density at radius 2 is 1.97 bits per heavy atom. The summed E-state index contributed by atoms with van der Waals surface area (Å²) in [6.45, 7) is 11.2. The topological polar surface area (TPSA) is 112 Å². The van der Waals surface area contributed by atoms with Crippen molar-refractivity contribution in [2.45, 2.75) is 58.8 Å². The van der Waals surface area contributed by atoms with Crippen molar-refractivity contribution in [3.63, 3.8) is 0 Å². The van der Waals surface area contributed by atoms with E-state index in [4.69, 9.17) is 0 Å². The minimum absolute atomic E-state index is 0.0381. The summed E-state index contributed by atoms with van der Waals surface area (Å²) in [4.78, 5) is 45.0. The lowest BCUT2D eigenvalue weighted by Gasteiger charge is -2.35. The van der Waals surface area contributed by atoms with Gasteiger partial charge in [0.1, 0.15) is 12.1 Å². The van der Waals surface area contributed by atoms with Crippen molar-refractivity contribution in [2.75, 3.05) is 6.54 Å². The molecule has 34 heavy (non-hydrogen) atoms. The summed E-state index contributed by atoms with van der Waals surface area (Å²) in [5, 5.41) is 15.8. The number of aliphatic hydroxyl groups is 1. The zero-order valence-corrected chi connectivity index (χ0v) is 20.8. The number of rotatable bonds is 7. The molecule has 1 fully saturated rings. The van der Waals surface area contributed by atoms with Gasteiger partial charge < -0.3 is 20.6 Å². The standard InChI is InChI=1S/C25H32N4O4S/c1-6-20(31)28-22(25(3,4)5)24(33)29-13-18(30)11-19(29)23(32)26-12-16-7-9-17(10-8-16)21-15(2)27-14-34-21/h6-10,14,18-19,22,30H,1,11-13H2,2-5H3,(H,26,32)(H,28,31)/t18-,19+,22?/m1/s1. The molecule has 1 aromatic carbocycles. The van der Waals surface area contributed by atoms with Crippen LogP contribution < -0.4 is 10.6 Å². The van der Waals surface area contributed by atoms with Gasteiger partial charge in [-0.3, -0.25) is 14.4 Å². The van der Waals surface area contributed by atoms with Crippen LogP contribution in [0.2, 0.25) is 0 Å². The molecule has 0 spiro atoms. The van der Waals surface area contributed by atoms with Gasteiger partial charge in [-0.1, -0.05) is 51.6 Å². The van der Waals surface area contributed by atoms with Crippen molar-refractivity contribution in [2.24, 2.45) is 5.41 Å². The molecule has 1 aromatic heterocycles. The highest BCUT2D eigenvalue weighted by atomic mass is 32.1. The van der Waals surface area contributed by atoms with Gasteiger partial charge in [-0.25, -0.2) is 4.98 Å². The maximum absolute atomic E-state index is 13.3. The van der Waals surface area contributed by atoms with E-state index in [-0.39, 0.29) is 18.9 Å². The maximum Gasteiger partial charge on any atom is 0.246 e. The normalized spacial score (nSPS) is 18.9. The van der Waals surface area contributed by atoms with E-state index in [0.29, 0.717) is 6.54 Å². The van der Waals surface area contributed by atoms with Gasteiger partial charge in [0, 0.05) is 19.5 Å². The predicted molar refractivity (Wildman–Crippen MR) is 132 cm³/mol. The predicted octanol–water partition coefficient (Wildman–Crippen LogP) is 2.41. The number of hydrogen-bond acceptors (Lipinski definition) is 6. The first-order valence-electron chi connectivity index (χ1n) is 11.2. The molecule has 0 saturated carbocycles. The van der Waals surface area contributed by atoms with Gasteiger partial charge in [-0.05, 0) is 29.5 Å². The number of hydrogen-bond donors (Lipinski definition) is 3. The number of aryl methyl sites for hydroxylation is 1. The van der Waals surface area contributed by atoms with E-state index < -0.39 is 35.4 Å². The monoisotopic (exact) mass is 484 g/mol. The fourth-order valence-electron chi connectivity index (χ4n) is 3.98. The lowest BCUT2D eigenvalue weighted by Crippen LogP contribution is -2.57. The van der Waals surface area contributed by atoms with Crippen LogP contribution in [0, 0.1) is 12.3 Å². The van der Waals surface area contributed by atoms with Crippen molar-refractivity contribution in [3.05, 3.63) is 53.7 Å². The number of benzene rings is 1. The van der Waals surface area contributed by atoms with E-state index in [0.717, 1.165) is 27.8 Å². The minimum Gasteiger partial charge on any atom is -0.391 e. The second-order valence-corrected chi connectivity index (χ2v) is 10.4. The van der Waals surface area contributed by atoms with Crippen molar-refractivity contribution in [3.8, 4) is 10.4 Å². The van der Waals surface area contributed by atoms with Crippen LogP contribution in [-0.2, 0) is 20.9 Å². The Hall–Kier alpha value is -3.04. The molecule has 3 N–H and O–H groups in total. The molecule has 3 atom stereocenters. The third-order valence-corrected chi connectivity index (χ3v) is 6.86. The first-order chi connectivity index (χ1) is 16.0. The summed E-state index contributed by atoms with van der Waals surface area (Å²) >= 11 is 1.58. The van der Waals surface area contributed by atoms with Gasteiger partial charge in [-0.15, -0.1) is 11.3 Å². The van der Waals surface area contributed by atoms with E-state index in [1.54, 1.807) is 11.3 Å². The molecular formula is C25H32N4O4S. The highest BCUT2D eigenvalue weighted by Crippen LogP contribution is 2.28. The Kier molecular flexibility index (Phi) is 7.89. The Balaban J connectivity index is 1.68. The summed E-state index contributed by atoms with van der Waals surface area (Å²) in [6, 6.07) is 6.21. The van der Waals surface area contributed by atoms with Crippen molar-refractivity contribution in [1.82, 2.24) is 20.5 Å². The number of nitrogens with zero attached hydrogens (tertiary/aromatic N) is 2. The third kappa shape index (κ3) is 5.90. The molecule has 0 aliphatic carbocycles. The Bertz CT molecular complexity index is 1060. The molecular weight excluding hydrogens is 452 g/mol. The van der Waals surface area contributed by atoms with Gasteiger partial charge in [0.05, 0.1) is 22.2 Å². The van der Waals surface area contributed by atoms with E-state index in [1.165, 1.54) is 4.90 Å². The molecule has 1 aliphatic rings. The molecule has 2 aromatic rings. The molecule has 3 rings (SSSR count). The molecule has 8 nitrogen and oxygen atoms in total. The van der Waals surface area contributed by atoms with Crippen LogP contribution in [0.1, 0.15) is 38.4 Å². The summed E-state index contributed by atoms with van der Waals surface area (Å²) in [5.74, 6) is -1.20. The second-order valence-electron chi connectivity index (χ2n) is 9.59. The van der Waals surface area contributed by atoms with Crippen LogP contribution in [0.4, 0.5) is 0 Å². The number of nitrogens with one attached hydrogen (secondary N) is 2. The number of likely N-dealkylation sites (tertiary alicyclic amines) is 1. The van der Waals surface area contributed by atoms with Crippen molar-refractivity contribution < 1.29 is 19.5 Å². The summed E-state index contributed by atoms with van der Waals surface area (Å²) < 4.78 is 0. The van der Waals surface area contributed by atoms with Crippen LogP contribution in [-0.4, -0.2) is 57.4 Å². The van der Waals surface area contributed by atoms with E-state index >= 15 is 0 Å². The SMILES string of the molecule is C=CC(=O)NC(C(=O)N1C[C@H](O)C[C@H]1C(=O)NCc1ccc(-c2scnc2C)cc1)C(C)(C)C. The molecule has 2 heterocycles. The van der Waals surface area contributed by atoms with Gasteiger partial charge in [0.15, 0.2) is 0 Å². The number of carbonyl (C=O) groups is 3. The summed E-state index contributed by atoms with van der Waals surface area (Å²) in [7, 11) is 0. The van der Waals surface area contributed by atoms with Gasteiger partial charge in [0.2, 0.25) is 17.7 Å². The fourth-order valence-corrected chi connectivity index (χ4v) is 4.79. The van der Waals surface area contributed by atoms with Crippen LogP contribution in [0.15, 0.2) is 42.4 Å². The van der Waals surface area contributed by atoms with Gasteiger partial charge >= 0.3 is 0 Å². The number of aliphatic hydroxyl groups excluding tert-OH is 1. The number of carbonyl (C=O) groups excluding carboxylic acids is 3. The van der Waals surface area contributed by atoms with Gasteiger partial charge in [-0.2, -0.15) is 0 Å². The van der Waals surface area contributed by atoms with Crippen LogP contribution in [0.3, 0.4) is 0 Å². The quantitative estimate of drug-likeness (QED) is 0.523. The van der Waals surface area contributed by atoms with Crippen LogP contribution in [0.25, 0.3) is 10.4 Å². The highest BCUT2D eigenvalue weighted by Gasteiger charge is 2.44. The van der Waals surface area contributed by atoms with Crippen molar-refractivity contribution >= 4 is 29.1 Å². The minimum atomic E-state index is -0.860. The molecule has 1 unspecified atom stereocenters. The number of thiazole rings is 1. The Morgan fingerprint density at radius 1 is 1.29 bits per heavy atom. The average molecular weight is 485 g/mol. The first-order valence-corrected chi connectivity index (χ1v) is 12.1. The van der Waals surface area contributed by atoms with Gasteiger partial charge in [0.25, 0.3) is 0 Å². The third-order valence-electron chi connectivity index (χ3n) is 5.88. The fraction of sp³-hybridized carbons (Fsp3) is 0.440. The van der Waals surface area contributed by atoms with Crippen LogP contribution >= 0.6 is 11.3 Å². The molecule has 1 aliphatic heterocycles. The zero-order chi connectivity index (χ0) is 25.0. The molecule has 0 bridgehead atoms. The molecule has 3 amide bonds. The lowest BCUT2D eigenvalue weighted by molar-refractivity contribution is -0.143. The molecule has 9 heteroatoms.